The van der Waals surface area contributed by atoms with E-state index in [0.29, 0.717) is 18.8 Å². The fourth-order valence-electron chi connectivity index (χ4n) is 1.15. The minimum Gasteiger partial charge on any atom is -0.405 e. The maximum atomic E-state index is 12.0. The molecule has 0 fully saturated rings. The van der Waals surface area contributed by atoms with Gasteiger partial charge >= 0.3 is 6.36 Å². The number of rotatable bonds is 5. The van der Waals surface area contributed by atoms with Gasteiger partial charge in [0.25, 0.3) is 0 Å². The van der Waals surface area contributed by atoms with Gasteiger partial charge in [0.2, 0.25) is 0 Å². The van der Waals surface area contributed by atoms with E-state index in [1.54, 1.807) is 0 Å². The van der Waals surface area contributed by atoms with E-state index in [-0.39, 0.29) is 10.2 Å². The average Bonchev–Trinajstić information content (AvgIpc) is 2.21. The summed E-state index contributed by atoms with van der Waals surface area (Å²) in [5.74, 6) is -0.262. The van der Waals surface area contributed by atoms with Gasteiger partial charge in [-0.1, -0.05) is 0 Å². The Morgan fingerprint density at radius 3 is 2.59 bits per heavy atom. The topological polar surface area (TPSA) is 47.3 Å². The summed E-state index contributed by atoms with van der Waals surface area (Å²) in [4.78, 5) is 0. The number of hydrogen-bond acceptors (Lipinski definition) is 3. The van der Waals surface area contributed by atoms with E-state index in [2.05, 4.69) is 26.0 Å². The lowest BCUT2D eigenvalue weighted by molar-refractivity contribution is -0.274. The molecule has 3 N–H and O–H groups in total. The number of hydrogen-bond donors (Lipinski definition) is 2. The van der Waals surface area contributed by atoms with Crippen LogP contribution in [0.15, 0.2) is 22.7 Å². The summed E-state index contributed by atoms with van der Waals surface area (Å²) in [7, 11) is 0. The van der Waals surface area contributed by atoms with Crippen molar-refractivity contribution >= 4 is 21.6 Å². The maximum absolute atomic E-state index is 12.0. The lowest BCUT2D eigenvalue weighted by atomic mass is 10.3. The first-order chi connectivity index (χ1) is 7.92. The summed E-state index contributed by atoms with van der Waals surface area (Å²) >= 11 is 3.02. The van der Waals surface area contributed by atoms with Gasteiger partial charge in [-0.2, -0.15) is 0 Å². The molecular formula is C10H12BrF3N2O. The van der Waals surface area contributed by atoms with Crippen LogP contribution in [0.1, 0.15) is 6.42 Å². The highest BCUT2D eigenvalue weighted by atomic mass is 79.9. The number of anilines is 1. The Morgan fingerprint density at radius 1 is 1.35 bits per heavy atom. The van der Waals surface area contributed by atoms with Crippen LogP contribution in [0, 0.1) is 0 Å². The van der Waals surface area contributed by atoms with E-state index in [9.17, 15) is 13.2 Å². The third-order valence-corrected chi connectivity index (χ3v) is 2.49. The highest BCUT2D eigenvalue weighted by molar-refractivity contribution is 9.10. The molecule has 0 atom stereocenters. The second-order valence-electron chi connectivity index (χ2n) is 3.26. The summed E-state index contributed by atoms with van der Waals surface area (Å²) in [6, 6.07) is 4.29. The highest BCUT2D eigenvalue weighted by Crippen LogP contribution is 2.32. The van der Waals surface area contributed by atoms with Gasteiger partial charge in [-0.25, -0.2) is 0 Å². The molecule has 0 heterocycles. The van der Waals surface area contributed by atoms with Crippen LogP contribution >= 0.6 is 15.9 Å². The van der Waals surface area contributed by atoms with Crippen molar-refractivity contribution in [2.75, 3.05) is 18.4 Å². The molecule has 0 aliphatic rings. The molecular weight excluding hydrogens is 301 g/mol. The van der Waals surface area contributed by atoms with E-state index in [4.69, 9.17) is 5.73 Å². The number of alkyl halides is 3. The molecule has 0 aliphatic heterocycles. The van der Waals surface area contributed by atoms with Crippen molar-refractivity contribution in [1.82, 2.24) is 0 Å². The van der Waals surface area contributed by atoms with Gasteiger partial charge in [0.05, 0.1) is 4.47 Å². The molecule has 1 rings (SSSR count). The average molecular weight is 313 g/mol. The summed E-state index contributed by atoms with van der Waals surface area (Å²) < 4.78 is 40.1. The molecule has 0 saturated heterocycles. The van der Waals surface area contributed by atoms with E-state index < -0.39 is 6.36 Å². The Kier molecular flexibility index (Phi) is 5.07. The molecule has 0 unspecified atom stereocenters. The van der Waals surface area contributed by atoms with Gasteiger partial charge in [0.1, 0.15) is 5.75 Å². The van der Waals surface area contributed by atoms with E-state index in [1.807, 2.05) is 0 Å². The lowest BCUT2D eigenvalue weighted by Gasteiger charge is -2.12. The zero-order chi connectivity index (χ0) is 12.9. The summed E-state index contributed by atoms with van der Waals surface area (Å²) in [6.45, 7) is 1.23. The number of benzene rings is 1. The molecule has 0 aliphatic carbocycles. The number of halogens is 4. The summed E-state index contributed by atoms with van der Waals surface area (Å²) in [5.41, 5.74) is 6.03. The van der Waals surface area contributed by atoms with Crippen LogP contribution < -0.4 is 15.8 Å². The second-order valence-corrected chi connectivity index (χ2v) is 4.12. The zero-order valence-electron chi connectivity index (χ0n) is 8.85. The van der Waals surface area contributed by atoms with Crippen LogP contribution in [0.4, 0.5) is 18.9 Å². The monoisotopic (exact) mass is 312 g/mol. The normalized spacial score (nSPS) is 11.4. The molecule has 0 amide bonds. The van der Waals surface area contributed by atoms with Crippen LogP contribution in [-0.4, -0.2) is 19.5 Å². The third kappa shape index (κ3) is 5.27. The van der Waals surface area contributed by atoms with E-state index in [0.717, 1.165) is 6.42 Å². The Balaban J connectivity index is 2.66. The fraction of sp³-hybridized carbons (Fsp3) is 0.400. The molecule has 7 heteroatoms. The first-order valence-corrected chi connectivity index (χ1v) is 5.71. The van der Waals surface area contributed by atoms with Crippen molar-refractivity contribution < 1.29 is 17.9 Å². The van der Waals surface area contributed by atoms with Gasteiger partial charge in [-0.15, -0.1) is 13.2 Å². The molecule has 0 aromatic heterocycles. The molecule has 1 aromatic carbocycles. The molecule has 96 valence electrons. The first kappa shape index (κ1) is 14.1. The van der Waals surface area contributed by atoms with Crippen molar-refractivity contribution in [3.63, 3.8) is 0 Å². The zero-order valence-corrected chi connectivity index (χ0v) is 10.4. The van der Waals surface area contributed by atoms with Gasteiger partial charge in [0.15, 0.2) is 0 Å². The second kappa shape index (κ2) is 6.11. The van der Waals surface area contributed by atoms with Gasteiger partial charge in [-0.05, 0) is 47.1 Å². The summed E-state index contributed by atoms with van der Waals surface area (Å²) in [6.07, 6.45) is -3.89. The third-order valence-electron chi connectivity index (χ3n) is 1.87. The Hall–Kier alpha value is -0.950. The molecule has 3 nitrogen and oxygen atoms in total. The van der Waals surface area contributed by atoms with Crippen LogP contribution in [-0.2, 0) is 0 Å². The molecule has 1 aromatic rings. The predicted molar refractivity (Wildman–Crippen MR) is 63.0 cm³/mol. The van der Waals surface area contributed by atoms with Crippen molar-refractivity contribution in [1.29, 1.82) is 0 Å². The van der Waals surface area contributed by atoms with Gasteiger partial charge < -0.3 is 15.8 Å². The molecule has 0 radical (unpaired) electrons. The SMILES string of the molecule is NCCCNc1ccc(OC(F)(F)F)c(Br)c1. The number of nitrogens with two attached hydrogens (primary N) is 1. The van der Waals surface area contributed by atoms with Crippen molar-refractivity contribution in [3.05, 3.63) is 22.7 Å². The number of ether oxygens (including phenoxy) is 1. The van der Waals surface area contributed by atoms with Crippen molar-refractivity contribution in [3.8, 4) is 5.75 Å². The van der Waals surface area contributed by atoms with Crippen LogP contribution in [0.2, 0.25) is 0 Å². The highest BCUT2D eigenvalue weighted by Gasteiger charge is 2.31. The largest absolute Gasteiger partial charge is 0.573 e. The standard InChI is InChI=1S/C10H12BrF3N2O/c11-8-6-7(16-5-1-4-15)2-3-9(8)17-10(12,13)14/h2-3,6,16H,1,4-5,15H2. The van der Waals surface area contributed by atoms with Crippen LogP contribution in [0.25, 0.3) is 0 Å². The van der Waals surface area contributed by atoms with E-state index >= 15 is 0 Å². The number of nitrogens with one attached hydrogen (secondary N) is 1. The molecule has 0 saturated carbocycles. The Bertz CT molecular complexity index is 371. The summed E-state index contributed by atoms with van der Waals surface area (Å²) in [5, 5.41) is 3.03. The quantitative estimate of drug-likeness (QED) is 0.821. The van der Waals surface area contributed by atoms with Gasteiger partial charge in [-0.3, -0.25) is 0 Å². The predicted octanol–water partition coefficient (Wildman–Crippen LogP) is 3.11. The Morgan fingerprint density at radius 2 is 2.06 bits per heavy atom. The van der Waals surface area contributed by atoms with Crippen LogP contribution in [0.5, 0.6) is 5.75 Å². The molecule has 0 spiro atoms. The van der Waals surface area contributed by atoms with Crippen LogP contribution in [0.3, 0.4) is 0 Å². The van der Waals surface area contributed by atoms with Gasteiger partial charge in [0, 0.05) is 12.2 Å². The minimum absolute atomic E-state index is 0.243. The maximum Gasteiger partial charge on any atom is 0.573 e. The minimum atomic E-state index is -4.68. The molecule has 0 bridgehead atoms. The first-order valence-electron chi connectivity index (χ1n) is 4.91. The lowest BCUT2D eigenvalue weighted by Crippen LogP contribution is -2.17. The molecule has 17 heavy (non-hydrogen) atoms. The fourth-order valence-corrected chi connectivity index (χ4v) is 1.61. The van der Waals surface area contributed by atoms with Crippen molar-refractivity contribution in [2.24, 2.45) is 5.73 Å². The van der Waals surface area contributed by atoms with E-state index in [1.165, 1.54) is 18.2 Å². The van der Waals surface area contributed by atoms with Crippen molar-refractivity contribution in [2.45, 2.75) is 12.8 Å². The smallest absolute Gasteiger partial charge is 0.405 e. The Labute approximate surface area is 105 Å².